The Morgan fingerprint density at radius 3 is 2.72 bits per heavy atom. The van der Waals surface area contributed by atoms with Gasteiger partial charge in [-0.2, -0.15) is 17.7 Å². The Morgan fingerprint density at radius 1 is 1.16 bits per heavy atom. The lowest BCUT2D eigenvalue weighted by atomic mass is 10.2. The topological polar surface area (TPSA) is 83.9 Å². The molecule has 0 amide bonds. The van der Waals surface area contributed by atoms with Crippen LogP contribution in [0, 0.1) is 0 Å². The number of halogens is 3. The van der Waals surface area contributed by atoms with Crippen LogP contribution in [-0.2, 0) is 12.8 Å². The number of fused-ring (bicyclic) bond motifs is 2. The van der Waals surface area contributed by atoms with Crippen molar-refractivity contribution in [3.63, 3.8) is 0 Å². The smallest absolute Gasteiger partial charge is 0.443 e. The van der Waals surface area contributed by atoms with Gasteiger partial charge < -0.3 is 18.6 Å². The van der Waals surface area contributed by atoms with Crippen molar-refractivity contribution in [2.45, 2.75) is 12.8 Å². The Bertz CT molecular complexity index is 1420. The molecule has 0 atom stereocenters. The standard InChI is InChI=1S/C19H13F3N4O4S2/c1-27-10-3-13(29-7-9-8-31-16(24-9)19(20,21)22)11-5-15(30-14(11)4-10)12-6-23-17-26(12)25-18(28-2)32-17/h3-6,8H,7H2,1-2H3. The predicted octanol–water partition coefficient (Wildman–Crippen LogP) is 5.28. The van der Waals surface area contributed by atoms with E-state index in [0.717, 1.165) is 0 Å². The van der Waals surface area contributed by atoms with Gasteiger partial charge in [0.25, 0.3) is 5.19 Å². The molecule has 166 valence electrons. The number of methoxy groups -OCH3 is 2. The number of ether oxygens (including phenoxy) is 3. The van der Waals surface area contributed by atoms with Crippen molar-refractivity contribution in [1.29, 1.82) is 0 Å². The highest BCUT2D eigenvalue weighted by Gasteiger charge is 2.34. The second kappa shape index (κ2) is 7.67. The van der Waals surface area contributed by atoms with Crippen LogP contribution in [0.3, 0.4) is 0 Å². The number of imidazole rings is 1. The molecule has 5 aromatic rings. The van der Waals surface area contributed by atoms with E-state index >= 15 is 0 Å². The molecule has 0 unspecified atom stereocenters. The summed E-state index contributed by atoms with van der Waals surface area (Å²) in [7, 11) is 3.02. The van der Waals surface area contributed by atoms with Crippen LogP contribution in [0.5, 0.6) is 16.7 Å². The molecule has 4 aromatic heterocycles. The van der Waals surface area contributed by atoms with Crippen LogP contribution in [-0.4, -0.2) is 33.8 Å². The Balaban J connectivity index is 1.50. The number of furan rings is 1. The maximum Gasteiger partial charge on any atom is 0.443 e. The quantitative estimate of drug-likeness (QED) is 0.326. The summed E-state index contributed by atoms with van der Waals surface area (Å²) in [5, 5.41) is 5.80. The molecule has 1 aromatic carbocycles. The summed E-state index contributed by atoms with van der Waals surface area (Å²) in [6, 6.07) is 5.08. The van der Waals surface area contributed by atoms with Crippen molar-refractivity contribution in [3.05, 3.63) is 40.5 Å². The fourth-order valence-corrected chi connectivity index (χ4v) is 4.39. The van der Waals surface area contributed by atoms with E-state index in [2.05, 4.69) is 15.1 Å². The van der Waals surface area contributed by atoms with Crippen molar-refractivity contribution in [2.24, 2.45) is 0 Å². The van der Waals surface area contributed by atoms with E-state index in [4.69, 9.17) is 18.6 Å². The molecule has 0 aliphatic rings. The number of aromatic nitrogens is 4. The van der Waals surface area contributed by atoms with Gasteiger partial charge in [-0.1, -0.05) is 0 Å². The zero-order chi connectivity index (χ0) is 22.5. The van der Waals surface area contributed by atoms with Crippen LogP contribution in [0.1, 0.15) is 10.7 Å². The predicted molar refractivity (Wildman–Crippen MR) is 111 cm³/mol. The van der Waals surface area contributed by atoms with Crippen molar-refractivity contribution in [1.82, 2.24) is 19.6 Å². The van der Waals surface area contributed by atoms with Crippen LogP contribution < -0.4 is 14.2 Å². The third-order valence-electron chi connectivity index (χ3n) is 4.47. The largest absolute Gasteiger partial charge is 0.496 e. The van der Waals surface area contributed by atoms with E-state index in [-0.39, 0.29) is 12.3 Å². The maximum absolute atomic E-state index is 12.8. The second-order valence-corrected chi connectivity index (χ2v) is 8.26. The average Bonchev–Trinajstić information content (AvgIpc) is 3.53. The van der Waals surface area contributed by atoms with Crippen molar-refractivity contribution in [3.8, 4) is 28.1 Å². The van der Waals surface area contributed by atoms with Gasteiger partial charge in [-0.05, 0) is 17.4 Å². The Labute approximate surface area is 185 Å². The lowest BCUT2D eigenvalue weighted by Gasteiger charge is -2.08. The fourth-order valence-electron chi connectivity index (χ4n) is 3.03. The molecule has 8 nitrogen and oxygen atoms in total. The summed E-state index contributed by atoms with van der Waals surface area (Å²) in [6.07, 6.45) is -2.86. The van der Waals surface area contributed by atoms with E-state index in [1.54, 1.807) is 28.9 Å². The molecule has 0 spiro atoms. The van der Waals surface area contributed by atoms with Crippen LogP contribution in [0.4, 0.5) is 13.2 Å². The second-order valence-electron chi connectivity index (χ2n) is 6.49. The summed E-state index contributed by atoms with van der Waals surface area (Å²) in [4.78, 5) is 8.54. The number of thiazole rings is 1. The highest BCUT2D eigenvalue weighted by Crippen LogP contribution is 2.38. The average molecular weight is 482 g/mol. The summed E-state index contributed by atoms with van der Waals surface area (Å²) < 4.78 is 62.3. The zero-order valence-corrected chi connectivity index (χ0v) is 18.1. The van der Waals surface area contributed by atoms with Gasteiger partial charge in [0.05, 0.1) is 31.5 Å². The third kappa shape index (κ3) is 3.62. The molecular weight excluding hydrogens is 469 g/mol. The van der Waals surface area contributed by atoms with Gasteiger partial charge in [0, 0.05) is 17.5 Å². The molecule has 0 N–H and O–H groups in total. The lowest BCUT2D eigenvalue weighted by molar-refractivity contribution is -0.137. The first kappa shape index (κ1) is 20.6. The van der Waals surface area contributed by atoms with Crippen LogP contribution in [0.25, 0.3) is 27.4 Å². The molecule has 0 fully saturated rings. The van der Waals surface area contributed by atoms with E-state index < -0.39 is 11.2 Å². The van der Waals surface area contributed by atoms with E-state index in [1.807, 2.05) is 0 Å². The Hall–Kier alpha value is -3.32. The molecule has 5 rings (SSSR count). The van der Waals surface area contributed by atoms with Crippen molar-refractivity contribution in [2.75, 3.05) is 14.2 Å². The van der Waals surface area contributed by atoms with Gasteiger partial charge in [0.15, 0.2) is 10.8 Å². The first-order chi connectivity index (χ1) is 15.4. The fraction of sp³-hybridized carbons (Fsp3) is 0.211. The first-order valence-corrected chi connectivity index (χ1v) is 10.7. The minimum atomic E-state index is -4.49. The molecule has 4 heterocycles. The summed E-state index contributed by atoms with van der Waals surface area (Å²) in [5.41, 5.74) is 1.25. The Kier molecular flexibility index (Phi) is 4.93. The molecule has 0 aliphatic heterocycles. The van der Waals surface area contributed by atoms with Gasteiger partial charge in [0.1, 0.15) is 29.4 Å². The molecule has 0 bridgehead atoms. The number of benzene rings is 1. The van der Waals surface area contributed by atoms with E-state index in [1.165, 1.54) is 30.9 Å². The molecule has 0 saturated carbocycles. The Morgan fingerprint density at radius 2 is 2.00 bits per heavy atom. The van der Waals surface area contributed by atoms with Gasteiger partial charge in [0.2, 0.25) is 4.96 Å². The first-order valence-electron chi connectivity index (χ1n) is 9.00. The molecular formula is C19H13F3N4O4S2. The molecule has 0 aliphatic carbocycles. The number of hydrogen-bond donors (Lipinski definition) is 0. The SMILES string of the molecule is COc1cc(OCc2csc(C(F)(F)F)n2)c2cc(-c3cnc4sc(OC)nn34)oc2c1. The molecule has 13 heteroatoms. The number of nitrogens with zero attached hydrogens (tertiary/aromatic N) is 4. The summed E-state index contributed by atoms with van der Waals surface area (Å²) >= 11 is 1.81. The number of rotatable bonds is 6. The summed E-state index contributed by atoms with van der Waals surface area (Å²) in [5.74, 6) is 1.33. The van der Waals surface area contributed by atoms with E-state index in [9.17, 15) is 13.2 Å². The highest BCUT2D eigenvalue weighted by molar-refractivity contribution is 7.18. The van der Waals surface area contributed by atoms with Gasteiger partial charge in [-0.15, -0.1) is 16.4 Å². The minimum absolute atomic E-state index is 0.143. The van der Waals surface area contributed by atoms with Gasteiger partial charge in [-0.3, -0.25) is 0 Å². The van der Waals surface area contributed by atoms with Crippen LogP contribution >= 0.6 is 22.7 Å². The van der Waals surface area contributed by atoms with Crippen LogP contribution in [0.2, 0.25) is 0 Å². The van der Waals surface area contributed by atoms with Gasteiger partial charge >= 0.3 is 6.18 Å². The van der Waals surface area contributed by atoms with Crippen LogP contribution in [0.15, 0.2) is 34.2 Å². The van der Waals surface area contributed by atoms with E-state index in [0.29, 0.717) is 55.4 Å². The molecule has 0 saturated heterocycles. The maximum atomic E-state index is 12.8. The summed E-state index contributed by atoms with van der Waals surface area (Å²) in [6.45, 7) is -0.143. The minimum Gasteiger partial charge on any atom is -0.496 e. The van der Waals surface area contributed by atoms with Gasteiger partial charge in [-0.25, -0.2) is 9.97 Å². The highest BCUT2D eigenvalue weighted by atomic mass is 32.1. The van der Waals surface area contributed by atoms with Crippen molar-refractivity contribution >= 4 is 38.6 Å². The molecule has 32 heavy (non-hydrogen) atoms. The normalized spacial score (nSPS) is 12.0. The lowest BCUT2D eigenvalue weighted by Crippen LogP contribution is -2.05. The zero-order valence-electron chi connectivity index (χ0n) is 16.5. The third-order valence-corrected chi connectivity index (χ3v) is 6.29. The number of hydrogen-bond acceptors (Lipinski definition) is 9. The molecule has 0 radical (unpaired) electrons. The number of alkyl halides is 3. The van der Waals surface area contributed by atoms with Crippen molar-refractivity contribution < 1.29 is 31.8 Å². The monoisotopic (exact) mass is 482 g/mol.